The summed E-state index contributed by atoms with van der Waals surface area (Å²) >= 11 is 0. The normalized spacial score (nSPS) is 11.8. The zero-order valence-electron chi connectivity index (χ0n) is 8.92. The molecule has 0 aromatic heterocycles. The first-order chi connectivity index (χ1) is 8.34. The van der Waals surface area contributed by atoms with Gasteiger partial charge in [-0.1, -0.05) is 0 Å². The first-order valence-electron chi connectivity index (χ1n) is 4.60. The van der Waals surface area contributed by atoms with Gasteiger partial charge < -0.3 is 5.73 Å². The van der Waals surface area contributed by atoms with E-state index in [0.717, 1.165) is 24.3 Å². The quantitative estimate of drug-likeness (QED) is 0.437. The summed E-state index contributed by atoms with van der Waals surface area (Å²) in [7, 11) is 0. The summed E-state index contributed by atoms with van der Waals surface area (Å²) in [4.78, 5) is 0. The van der Waals surface area contributed by atoms with Crippen LogP contribution in [0.15, 0.2) is 29.4 Å². The van der Waals surface area contributed by atoms with Gasteiger partial charge in [0, 0.05) is 0 Å². The molecule has 0 unspecified atom stereocenters. The summed E-state index contributed by atoms with van der Waals surface area (Å²) in [6.07, 6.45) is -4.40. The molecule has 0 atom stereocenters. The van der Waals surface area contributed by atoms with Crippen LogP contribution in [0.25, 0.3) is 0 Å². The number of benzene rings is 1. The molecule has 0 aliphatic carbocycles. The van der Waals surface area contributed by atoms with Gasteiger partial charge in [-0.15, -0.1) is 0 Å². The van der Waals surface area contributed by atoms with Gasteiger partial charge in [0.1, 0.15) is 6.07 Å². The third kappa shape index (κ3) is 3.48. The molecule has 8 heteroatoms. The van der Waals surface area contributed by atoms with Crippen molar-refractivity contribution in [2.45, 2.75) is 6.18 Å². The highest BCUT2D eigenvalue weighted by atomic mass is 19.4. The van der Waals surface area contributed by atoms with Crippen molar-refractivity contribution in [2.24, 2.45) is 10.8 Å². The van der Waals surface area contributed by atoms with Crippen LogP contribution in [0.1, 0.15) is 5.56 Å². The van der Waals surface area contributed by atoms with Crippen LogP contribution >= 0.6 is 0 Å². The van der Waals surface area contributed by atoms with Gasteiger partial charge in [0.25, 0.3) is 0 Å². The number of anilines is 1. The molecule has 5 nitrogen and oxygen atoms in total. The number of hydrogen-bond acceptors (Lipinski definition) is 4. The summed E-state index contributed by atoms with van der Waals surface area (Å²) in [5, 5.41) is 19.0. The van der Waals surface area contributed by atoms with E-state index in [9.17, 15) is 13.2 Å². The lowest BCUT2D eigenvalue weighted by Crippen LogP contribution is -2.21. The number of nitrogens with one attached hydrogen (secondary N) is 2. The fourth-order valence-corrected chi connectivity index (χ4v) is 1.000. The summed E-state index contributed by atoms with van der Waals surface area (Å²) in [6.45, 7) is 0. The Balaban J connectivity index is 2.83. The number of halogens is 3. The van der Waals surface area contributed by atoms with Crippen molar-refractivity contribution in [3.8, 4) is 6.07 Å². The highest BCUT2D eigenvalue weighted by Crippen LogP contribution is 2.29. The first-order valence-corrected chi connectivity index (χ1v) is 4.60. The second-order valence-corrected chi connectivity index (χ2v) is 3.17. The predicted octanol–water partition coefficient (Wildman–Crippen LogP) is 1.93. The number of rotatable bonds is 3. The molecule has 0 spiro atoms. The number of nitrogens with two attached hydrogens (primary N) is 1. The third-order valence-electron chi connectivity index (χ3n) is 1.87. The first kappa shape index (κ1) is 13.5. The highest BCUT2D eigenvalue weighted by molar-refractivity contribution is 6.45. The summed E-state index contributed by atoms with van der Waals surface area (Å²) in [6, 6.07) is 5.62. The van der Waals surface area contributed by atoms with E-state index in [1.807, 2.05) is 0 Å². The third-order valence-corrected chi connectivity index (χ3v) is 1.87. The molecular formula is C10H8F3N5. The molecule has 0 bridgehead atoms. The predicted molar refractivity (Wildman–Crippen MR) is 60.0 cm³/mol. The number of hydrazone groups is 1. The maximum Gasteiger partial charge on any atom is 0.416 e. The van der Waals surface area contributed by atoms with Crippen molar-refractivity contribution in [1.82, 2.24) is 0 Å². The summed E-state index contributed by atoms with van der Waals surface area (Å²) < 4.78 is 36.8. The minimum atomic E-state index is -4.40. The van der Waals surface area contributed by atoms with Crippen LogP contribution in [-0.4, -0.2) is 11.5 Å². The fraction of sp³-hybridized carbons (Fsp3) is 0.100. The van der Waals surface area contributed by atoms with Gasteiger partial charge in [-0.05, 0) is 24.3 Å². The largest absolute Gasteiger partial charge is 0.416 e. The Morgan fingerprint density at radius 1 is 1.33 bits per heavy atom. The molecule has 0 fully saturated rings. The minimum Gasteiger partial charge on any atom is -0.382 e. The summed E-state index contributed by atoms with van der Waals surface area (Å²) in [5.41, 5.74) is 6.47. The average Bonchev–Trinajstić information content (AvgIpc) is 2.29. The monoisotopic (exact) mass is 255 g/mol. The Kier molecular flexibility index (Phi) is 3.89. The molecule has 0 aliphatic heterocycles. The van der Waals surface area contributed by atoms with Crippen LogP contribution in [0.3, 0.4) is 0 Å². The van der Waals surface area contributed by atoms with Gasteiger partial charge in [-0.25, -0.2) is 0 Å². The number of nitriles is 1. The Hall–Kier alpha value is -2.56. The molecule has 1 aromatic carbocycles. The van der Waals surface area contributed by atoms with Crippen LogP contribution < -0.4 is 11.2 Å². The van der Waals surface area contributed by atoms with E-state index < -0.39 is 17.6 Å². The highest BCUT2D eigenvalue weighted by Gasteiger charge is 2.29. The van der Waals surface area contributed by atoms with Crippen molar-refractivity contribution >= 4 is 17.2 Å². The Labute approximate surface area is 100 Å². The second-order valence-electron chi connectivity index (χ2n) is 3.17. The molecule has 18 heavy (non-hydrogen) atoms. The van der Waals surface area contributed by atoms with E-state index in [2.05, 4.69) is 10.5 Å². The van der Waals surface area contributed by atoms with Crippen LogP contribution in [0, 0.1) is 16.7 Å². The molecule has 0 amide bonds. The van der Waals surface area contributed by atoms with E-state index in [1.165, 1.54) is 0 Å². The van der Waals surface area contributed by atoms with Crippen LogP contribution in [0.2, 0.25) is 0 Å². The average molecular weight is 255 g/mol. The Morgan fingerprint density at radius 2 is 1.89 bits per heavy atom. The number of alkyl halides is 3. The van der Waals surface area contributed by atoms with Gasteiger partial charge >= 0.3 is 6.18 Å². The van der Waals surface area contributed by atoms with Gasteiger partial charge in [0.2, 0.25) is 5.71 Å². The van der Waals surface area contributed by atoms with Gasteiger partial charge in [-0.2, -0.15) is 23.5 Å². The van der Waals surface area contributed by atoms with Crippen molar-refractivity contribution in [3.63, 3.8) is 0 Å². The molecule has 0 saturated heterocycles. The fourth-order valence-electron chi connectivity index (χ4n) is 1.000. The topological polar surface area (TPSA) is 98.0 Å². The lowest BCUT2D eigenvalue weighted by Gasteiger charge is -2.07. The van der Waals surface area contributed by atoms with Gasteiger partial charge in [0.05, 0.1) is 11.3 Å². The van der Waals surface area contributed by atoms with Crippen molar-refractivity contribution in [2.75, 3.05) is 5.43 Å². The lowest BCUT2D eigenvalue weighted by molar-refractivity contribution is -0.137. The molecule has 1 aromatic rings. The van der Waals surface area contributed by atoms with Crippen molar-refractivity contribution < 1.29 is 13.2 Å². The zero-order chi connectivity index (χ0) is 13.8. The molecule has 94 valence electrons. The molecule has 0 saturated carbocycles. The van der Waals surface area contributed by atoms with Crippen molar-refractivity contribution in [3.05, 3.63) is 29.8 Å². The van der Waals surface area contributed by atoms with Gasteiger partial charge in [-0.3, -0.25) is 10.8 Å². The van der Waals surface area contributed by atoms with Crippen LogP contribution in [0.5, 0.6) is 0 Å². The maximum atomic E-state index is 12.3. The van der Waals surface area contributed by atoms with Crippen LogP contribution in [0.4, 0.5) is 18.9 Å². The molecular weight excluding hydrogens is 247 g/mol. The van der Waals surface area contributed by atoms with E-state index in [0.29, 0.717) is 0 Å². The number of hydrogen-bond donors (Lipinski definition) is 3. The molecule has 0 heterocycles. The molecule has 1 rings (SSSR count). The van der Waals surface area contributed by atoms with Crippen molar-refractivity contribution in [1.29, 1.82) is 10.7 Å². The zero-order valence-corrected chi connectivity index (χ0v) is 8.92. The molecule has 0 aliphatic rings. The lowest BCUT2D eigenvalue weighted by atomic mass is 10.2. The standard InChI is InChI=1S/C10H8F3N5/c11-10(12,13)6-1-3-7(4-2-6)17-18-8(5-14)9(15)16/h1-4,17H,(H3,15,16)/b18-8+. The second kappa shape index (κ2) is 5.18. The molecule has 0 radical (unpaired) electrons. The Morgan fingerprint density at radius 3 is 2.28 bits per heavy atom. The number of nitrogens with zero attached hydrogens (tertiary/aromatic N) is 2. The van der Waals surface area contributed by atoms with E-state index in [-0.39, 0.29) is 11.4 Å². The van der Waals surface area contributed by atoms with E-state index >= 15 is 0 Å². The molecule has 4 N–H and O–H groups in total. The summed E-state index contributed by atoms with van der Waals surface area (Å²) in [5.74, 6) is -0.531. The maximum absolute atomic E-state index is 12.3. The van der Waals surface area contributed by atoms with E-state index in [1.54, 1.807) is 6.07 Å². The number of amidine groups is 1. The van der Waals surface area contributed by atoms with Crippen LogP contribution in [-0.2, 0) is 6.18 Å². The minimum absolute atomic E-state index is 0.247. The van der Waals surface area contributed by atoms with Gasteiger partial charge in [0.15, 0.2) is 5.84 Å². The SMILES string of the molecule is N#C/C(=N\Nc1ccc(C(F)(F)F)cc1)C(=N)N. The smallest absolute Gasteiger partial charge is 0.382 e. The van der Waals surface area contributed by atoms with E-state index in [4.69, 9.17) is 16.4 Å². The Bertz CT molecular complexity index is 510.